The summed E-state index contributed by atoms with van der Waals surface area (Å²) in [6, 6.07) is 8.38. The van der Waals surface area contributed by atoms with E-state index in [4.69, 9.17) is 5.11 Å². The van der Waals surface area contributed by atoms with Crippen LogP contribution in [0.15, 0.2) is 24.3 Å². The summed E-state index contributed by atoms with van der Waals surface area (Å²) >= 11 is 0. The molecule has 18 heavy (non-hydrogen) atoms. The lowest BCUT2D eigenvalue weighted by molar-refractivity contribution is 0.276. The van der Waals surface area contributed by atoms with E-state index in [0.29, 0.717) is 0 Å². The number of hydrogen-bond acceptors (Lipinski definition) is 2. The summed E-state index contributed by atoms with van der Waals surface area (Å²) < 4.78 is 0. The van der Waals surface area contributed by atoms with Crippen LogP contribution in [-0.2, 0) is 12.0 Å². The number of aromatic amines is 1. The van der Waals surface area contributed by atoms with Crippen molar-refractivity contribution in [2.24, 2.45) is 0 Å². The summed E-state index contributed by atoms with van der Waals surface area (Å²) in [5.41, 5.74) is 5.36. The number of nitrogens with zero attached hydrogens (tertiary/aromatic N) is 1. The fourth-order valence-corrected chi connectivity index (χ4v) is 1.95. The lowest BCUT2D eigenvalue weighted by Crippen LogP contribution is -2.11. The molecule has 0 atom stereocenters. The van der Waals surface area contributed by atoms with Crippen molar-refractivity contribution in [1.82, 2.24) is 10.2 Å². The second-order valence-corrected chi connectivity index (χ2v) is 5.72. The number of benzene rings is 1. The molecule has 0 amide bonds. The van der Waals surface area contributed by atoms with E-state index in [1.807, 2.05) is 6.07 Å². The topological polar surface area (TPSA) is 48.9 Å². The van der Waals surface area contributed by atoms with Gasteiger partial charge in [-0.3, -0.25) is 5.10 Å². The van der Waals surface area contributed by atoms with Gasteiger partial charge in [0.1, 0.15) is 0 Å². The molecule has 0 spiro atoms. The summed E-state index contributed by atoms with van der Waals surface area (Å²) in [6.07, 6.45) is 0. The van der Waals surface area contributed by atoms with Gasteiger partial charge in [-0.15, -0.1) is 0 Å². The normalized spacial score (nSPS) is 11.8. The summed E-state index contributed by atoms with van der Waals surface area (Å²) in [5.74, 6) is 0. The molecule has 2 rings (SSSR count). The molecule has 1 heterocycles. The summed E-state index contributed by atoms with van der Waals surface area (Å²) in [7, 11) is 0. The van der Waals surface area contributed by atoms with E-state index in [9.17, 15) is 0 Å². The van der Waals surface area contributed by atoms with Crippen molar-refractivity contribution in [2.75, 3.05) is 0 Å². The number of hydrogen-bond donors (Lipinski definition) is 2. The van der Waals surface area contributed by atoms with Crippen LogP contribution in [-0.4, -0.2) is 15.3 Å². The van der Waals surface area contributed by atoms with E-state index in [1.54, 1.807) is 0 Å². The summed E-state index contributed by atoms with van der Waals surface area (Å²) in [5, 5.41) is 16.2. The van der Waals surface area contributed by atoms with Crippen molar-refractivity contribution < 1.29 is 5.11 Å². The second-order valence-electron chi connectivity index (χ2n) is 5.72. The highest BCUT2D eigenvalue weighted by Crippen LogP contribution is 2.29. The molecule has 1 aromatic carbocycles. The molecule has 0 bridgehead atoms. The first kappa shape index (κ1) is 12.8. The highest BCUT2D eigenvalue weighted by Gasteiger charge is 2.16. The van der Waals surface area contributed by atoms with Crippen molar-refractivity contribution in [2.45, 2.75) is 39.7 Å². The predicted octanol–water partition coefficient (Wildman–Crippen LogP) is 3.17. The molecule has 0 aliphatic carbocycles. The predicted molar refractivity (Wildman–Crippen MR) is 73.4 cm³/mol. The number of aliphatic hydroxyl groups excluding tert-OH is 1. The molecule has 2 aromatic rings. The third-order valence-electron chi connectivity index (χ3n) is 3.18. The fraction of sp³-hybridized carbons (Fsp3) is 0.400. The van der Waals surface area contributed by atoms with Crippen LogP contribution in [0.25, 0.3) is 11.3 Å². The molecule has 0 radical (unpaired) electrons. The fourth-order valence-electron chi connectivity index (χ4n) is 1.95. The van der Waals surface area contributed by atoms with E-state index in [-0.39, 0.29) is 12.0 Å². The van der Waals surface area contributed by atoms with Crippen LogP contribution >= 0.6 is 0 Å². The van der Waals surface area contributed by atoms with Gasteiger partial charge in [0.05, 0.1) is 18.0 Å². The summed E-state index contributed by atoms with van der Waals surface area (Å²) in [4.78, 5) is 0. The van der Waals surface area contributed by atoms with E-state index in [0.717, 1.165) is 17.0 Å². The van der Waals surface area contributed by atoms with Gasteiger partial charge < -0.3 is 5.11 Å². The maximum absolute atomic E-state index is 9.08. The van der Waals surface area contributed by atoms with Crippen molar-refractivity contribution >= 4 is 0 Å². The first-order valence-electron chi connectivity index (χ1n) is 6.18. The Morgan fingerprint density at radius 1 is 1.22 bits per heavy atom. The second kappa shape index (κ2) is 4.58. The zero-order valence-corrected chi connectivity index (χ0v) is 11.4. The summed E-state index contributed by atoms with van der Waals surface area (Å²) in [6.45, 7) is 8.67. The molecule has 0 saturated carbocycles. The van der Waals surface area contributed by atoms with Crippen molar-refractivity contribution in [1.29, 1.82) is 0 Å². The Bertz CT molecular complexity index is 550. The average Bonchev–Trinajstić information content (AvgIpc) is 2.76. The smallest absolute Gasteiger partial charge is 0.0927 e. The van der Waals surface area contributed by atoms with Crippen LogP contribution in [0.5, 0.6) is 0 Å². The molecule has 1 aromatic heterocycles. The monoisotopic (exact) mass is 244 g/mol. The number of H-pyrrole nitrogens is 1. The van der Waals surface area contributed by atoms with Crippen LogP contribution in [0, 0.1) is 6.92 Å². The van der Waals surface area contributed by atoms with Crippen LogP contribution in [0.4, 0.5) is 0 Å². The Kier molecular flexibility index (Phi) is 3.26. The molecule has 0 saturated heterocycles. The van der Waals surface area contributed by atoms with Crippen LogP contribution in [0.2, 0.25) is 0 Å². The van der Waals surface area contributed by atoms with Gasteiger partial charge >= 0.3 is 0 Å². The van der Waals surface area contributed by atoms with Crippen LogP contribution < -0.4 is 0 Å². The first-order chi connectivity index (χ1) is 8.41. The minimum Gasteiger partial charge on any atom is -0.390 e. The molecule has 0 fully saturated rings. The molecule has 0 unspecified atom stereocenters. The van der Waals surface area contributed by atoms with Gasteiger partial charge in [-0.2, -0.15) is 5.10 Å². The number of rotatable bonds is 2. The van der Waals surface area contributed by atoms with E-state index < -0.39 is 0 Å². The van der Waals surface area contributed by atoms with Crippen molar-refractivity contribution in [3.05, 3.63) is 41.1 Å². The van der Waals surface area contributed by atoms with Gasteiger partial charge in [0.25, 0.3) is 0 Å². The zero-order chi connectivity index (χ0) is 13.3. The van der Waals surface area contributed by atoms with Gasteiger partial charge in [0.15, 0.2) is 0 Å². The zero-order valence-electron chi connectivity index (χ0n) is 11.4. The van der Waals surface area contributed by atoms with Gasteiger partial charge in [0, 0.05) is 5.56 Å². The maximum Gasteiger partial charge on any atom is 0.0927 e. The Morgan fingerprint density at radius 2 is 1.94 bits per heavy atom. The largest absolute Gasteiger partial charge is 0.390 e. The number of aromatic nitrogens is 2. The standard InChI is InChI=1S/C15H20N2O/c1-10-5-6-11(15(2,3)4)7-13(10)14-8-12(9-18)16-17-14/h5-8,18H,9H2,1-4H3,(H,16,17). The van der Waals surface area contributed by atoms with Crippen molar-refractivity contribution in [3.8, 4) is 11.3 Å². The Balaban J connectivity index is 2.49. The van der Waals surface area contributed by atoms with Crippen LogP contribution in [0.3, 0.4) is 0 Å². The third-order valence-corrected chi connectivity index (χ3v) is 3.18. The van der Waals surface area contributed by atoms with Gasteiger partial charge in [-0.1, -0.05) is 32.9 Å². The molecule has 0 aliphatic heterocycles. The Labute approximate surface area is 108 Å². The minimum atomic E-state index is -0.00892. The highest BCUT2D eigenvalue weighted by atomic mass is 16.3. The molecular formula is C15H20N2O. The number of nitrogens with one attached hydrogen (secondary N) is 1. The number of aliphatic hydroxyl groups is 1. The van der Waals surface area contributed by atoms with Crippen molar-refractivity contribution in [3.63, 3.8) is 0 Å². The Hall–Kier alpha value is -1.61. The average molecular weight is 244 g/mol. The lowest BCUT2D eigenvalue weighted by atomic mass is 9.85. The molecule has 96 valence electrons. The molecular weight excluding hydrogens is 224 g/mol. The van der Waals surface area contributed by atoms with Gasteiger partial charge in [-0.25, -0.2) is 0 Å². The minimum absolute atomic E-state index is 0.00892. The lowest BCUT2D eigenvalue weighted by Gasteiger charge is -2.20. The van der Waals surface area contributed by atoms with E-state index in [1.165, 1.54) is 11.1 Å². The van der Waals surface area contributed by atoms with Gasteiger partial charge in [-0.05, 0) is 35.6 Å². The Morgan fingerprint density at radius 3 is 2.50 bits per heavy atom. The van der Waals surface area contributed by atoms with Gasteiger partial charge in [0.2, 0.25) is 0 Å². The molecule has 3 nitrogen and oxygen atoms in total. The SMILES string of the molecule is Cc1ccc(C(C)(C)C)cc1-c1cc(CO)[nH]n1. The first-order valence-corrected chi connectivity index (χ1v) is 6.18. The number of aryl methyl sites for hydroxylation is 1. The maximum atomic E-state index is 9.08. The van der Waals surface area contributed by atoms with Crippen LogP contribution in [0.1, 0.15) is 37.6 Å². The molecule has 2 N–H and O–H groups in total. The van der Waals surface area contributed by atoms with E-state index in [2.05, 4.69) is 56.1 Å². The highest BCUT2D eigenvalue weighted by molar-refractivity contribution is 5.65. The van der Waals surface area contributed by atoms with E-state index >= 15 is 0 Å². The third kappa shape index (κ3) is 2.46. The quantitative estimate of drug-likeness (QED) is 0.852. The molecule has 0 aliphatic rings. The molecule has 3 heteroatoms.